The number of nitrogens with zero attached hydrogens (tertiary/aromatic N) is 6. The van der Waals surface area contributed by atoms with Crippen LogP contribution < -0.4 is 21.3 Å². The molecule has 2 aliphatic heterocycles. The van der Waals surface area contributed by atoms with E-state index in [1.807, 2.05) is 18.2 Å². The standard InChI is InChI=1S/C26H30ClN9OS/c1-3-18-21(27)20-23(30-18)33-26(34-25(20)36-9-7-15(29)12-36)38-16-4-5-17-19(10-16)31-22(13(2)37)32-24(17)35-8-6-14(28)11-35/h4-5,10,14-15,37H,2-3,6-9,11-12,28-29H2,1H3,(H,30,33,34)/t14-,15+/m1/s1. The molecule has 0 unspecified atom stereocenters. The number of aromatic nitrogens is 5. The van der Waals surface area contributed by atoms with Crippen molar-refractivity contribution in [2.45, 2.75) is 48.3 Å². The third-order valence-corrected chi connectivity index (χ3v) is 8.41. The van der Waals surface area contributed by atoms with Crippen LogP contribution in [0, 0.1) is 0 Å². The van der Waals surface area contributed by atoms with Gasteiger partial charge in [0.25, 0.3) is 0 Å². The highest BCUT2D eigenvalue weighted by Crippen LogP contribution is 2.38. The summed E-state index contributed by atoms with van der Waals surface area (Å²) in [7, 11) is 0. The van der Waals surface area contributed by atoms with Gasteiger partial charge in [0.05, 0.1) is 15.9 Å². The van der Waals surface area contributed by atoms with Crippen LogP contribution in [-0.4, -0.2) is 68.3 Å². The Hall–Kier alpha value is -3.12. The highest BCUT2D eigenvalue weighted by Gasteiger charge is 2.27. The highest BCUT2D eigenvalue weighted by atomic mass is 35.5. The normalized spacial score (nSPS) is 19.8. The molecule has 0 radical (unpaired) electrons. The van der Waals surface area contributed by atoms with Crippen LogP contribution in [0.15, 0.2) is 34.8 Å². The molecule has 0 aliphatic carbocycles. The van der Waals surface area contributed by atoms with Gasteiger partial charge in [0, 0.05) is 54.2 Å². The summed E-state index contributed by atoms with van der Waals surface area (Å²) in [5, 5.41) is 13.1. The fourth-order valence-corrected chi connectivity index (χ4v) is 6.32. The molecular weight excluding hydrogens is 522 g/mol. The minimum atomic E-state index is -0.174. The predicted octanol–water partition coefficient (Wildman–Crippen LogP) is 3.87. The Kier molecular flexibility index (Phi) is 6.55. The number of benzene rings is 1. The minimum Gasteiger partial charge on any atom is -0.505 e. The summed E-state index contributed by atoms with van der Waals surface area (Å²) >= 11 is 8.19. The number of aromatic amines is 1. The Morgan fingerprint density at radius 3 is 2.45 bits per heavy atom. The number of halogens is 1. The van der Waals surface area contributed by atoms with E-state index >= 15 is 0 Å². The Bertz CT molecular complexity index is 1560. The maximum absolute atomic E-state index is 10.1. The van der Waals surface area contributed by atoms with Gasteiger partial charge in [-0.1, -0.05) is 25.1 Å². The Morgan fingerprint density at radius 2 is 1.82 bits per heavy atom. The summed E-state index contributed by atoms with van der Waals surface area (Å²) in [4.78, 5) is 27.5. The summed E-state index contributed by atoms with van der Waals surface area (Å²) < 4.78 is 0. The van der Waals surface area contributed by atoms with E-state index in [9.17, 15) is 5.11 Å². The number of aliphatic hydroxyl groups is 1. The predicted molar refractivity (Wildman–Crippen MR) is 153 cm³/mol. The van der Waals surface area contributed by atoms with Crippen LogP contribution in [0.1, 0.15) is 31.3 Å². The van der Waals surface area contributed by atoms with Crippen LogP contribution in [0.5, 0.6) is 0 Å². The summed E-state index contributed by atoms with van der Waals surface area (Å²) in [5.74, 6) is 1.59. The first-order chi connectivity index (χ1) is 18.3. The van der Waals surface area contributed by atoms with Crippen LogP contribution in [0.25, 0.3) is 27.7 Å². The molecular formula is C26H30ClN9OS. The SMILES string of the molecule is C=C(O)c1nc(N2CC[C@@H](N)C2)c2ccc(Sc3nc(N4CC[C@H](N)C4)c4c(Cl)c(CC)[nH]c4n3)cc2n1. The maximum atomic E-state index is 10.1. The van der Waals surface area contributed by atoms with E-state index in [1.165, 1.54) is 11.8 Å². The van der Waals surface area contributed by atoms with Crippen molar-refractivity contribution in [3.8, 4) is 0 Å². The van der Waals surface area contributed by atoms with E-state index in [4.69, 9.17) is 33.0 Å². The molecule has 0 amide bonds. The van der Waals surface area contributed by atoms with Crippen molar-refractivity contribution < 1.29 is 5.11 Å². The number of nitrogens with two attached hydrogens (primary N) is 2. The van der Waals surface area contributed by atoms with Gasteiger partial charge in [-0.2, -0.15) is 0 Å². The average molecular weight is 552 g/mol. The van der Waals surface area contributed by atoms with Crippen molar-refractivity contribution in [2.75, 3.05) is 36.0 Å². The lowest BCUT2D eigenvalue weighted by atomic mass is 10.2. The molecule has 10 nitrogen and oxygen atoms in total. The molecule has 0 saturated carbocycles. The van der Waals surface area contributed by atoms with E-state index in [2.05, 4.69) is 38.3 Å². The first-order valence-corrected chi connectivity index (χ1v) is 14.0. The number of hydrogen-bond donors (Lipinski definition) is 4. The van der Waals surface area contributed by atoms with Gasteiger partial charge in [0.15, 0.2) is 16.7 Å². The summed E-state index contributed by atoms with van der Waals surface area (Å²) in [6, 6.07) is 6.18. The average Bonchev–Trinajstić information content (AvgIpc) is 3.61. The first kappa shape index (κ1) is 25.2. The zero-order chi connectivity index (χ0) is 26.6. The Balaban J connectivity index is 1.41. The number of rotatable bonds is 6. The van der Waals surface area contributed by atoms with Crippen LogP contribution in [0.3, 0.4) is 0 Å². The van der Waals surface area contributed by atoms with Gasteiger partial charge < -0.3 is 31.4 Å². The topological polar surface area (TPSA) is 146 Å². The van der Waals surface area contributed by atoms with E-state index < -0.39 is 0 Å². The second-order valence-corrected chi connectivity index (χ2v) is 11.3. The lowest BCUT2D eigenvalue weighted by molar-refractivity contribution is 0.507. The largest absolute Gasteiger partial charge is 0.505 e. The summed E-state index contributed by atoms with van der Waals surface area (Å²) in [6.45, 7) is 8.75. The Labute approximate surface area is 229 Å². The number of H-pyrrole nitrogens is 1. The molecule has 3 aromatic heterocycles. The van der Waals surface area contributed by atoms with Crippen LogP contribution in [-0.2, 0) is 6.42 Å². The van der Waals surface area contributed by atoms with Crippen molar-refractivity contribution in [1.29, 1.82) is 0 Å². The van der Waals surface area contributed by atoms with Gasteiger partial charge in [0.1, 0.15) is 17.3 Å². The Morgan fingerprint density at radius 1 is 1.11 bits per heavy atom. The third kappa shape index (κ3) is 4.53. The maximum Gasteiger partial charge on any atom is 0.196 e. The van der Waals surface area contributed by atoms with Crippen LogP contribution >= 0.6 is 23.4 Å². The second kappa shape index (κ2) is 9.88. The summed E-state index contributed by atoms with van der Waals surface area (Å²) in [6.07, 6.45) is 2.56. The van der Waals surface area contributed by atoms with Gasteiger partial charge in [-0.15, -0.1) is 0 Å². The zero-order valence-electron chi connectivity index (χ0n) is 21.1. The number of hydrogen-bond acceptors (Lipinski definition) is 10. The van der Waals surface area contributed by atoms with Crippen LogP contribution in [0.2, 0.25) is 5.02 Å². The lowest BCUT2D eigenvalue weighted by Gasteiger charge is -2.20. The number of anilines is 2. The second-order valence-electron chi connectivity index (χ2n) is 9.91. The van der Waals surface area contributed by atoms with Gasteiger partial charge >= 0.3 is 0 Å². The van der Waals surface area contributed by atoms with Gasteiger partial charge in [-0.25, -0.2) is 19.9 Å². The molecule has 6 rings (SSSR count). The fourth-order valence-electron chi connectivity index (χ4n) is 5.18. The number of fused-ring (bicyclic) bond motifs is 2. The van der Waals surface area contributed by atoms with Crippen LogP contribution in [0.4, 0.5) is 11.6 Å². The molecule has 2 fully saturated rings. The fraction of sp³-hybridized carbons (Fsp3) is 0.385. The van der Waals surface area contributed by atoms with E-state index in [1.54, 1.807) is 0 Å². The smallest absolute Gasteiger partial charge is 0.196 e. The molecule has 2 aliphatic rings. The first-order valence-electron chi connectivity index (χ1n) is 12.8. The van der Waals surface area contributed by atoms with Crippen molar-refractivity contribution in [3.63, 3.8) is 0 Å². The van der Waals surface area contributed by atoms with Crippen molar-refractivity contribution >= 4 is 62.7 Å². The lowest BCUT2D eigenvalue weighted by Crippen LogP contribution is -2.27. The minimum absolute atomic E-state index is 0.0942. The monoisotopic (exact) mass is 551 g/mol. The molecule has 2 atom stereocenters. The molecule has 0 bridgehead atoms. The molecule has 6 N–H and O–H groups in total. The molecule has 5 heterocycles. The molecule has 2 saturated heterocycles. The summed E-state index contributed by atoms with van der Waals surface area (Å²) in [5.41, 5.74) is 14.7. The van der Waals surface area contributed by atoms with Gasteiger partial charge in [-0.3, -0.25) is 0 Å². The number of aryl methyl sites for hydroxylation is 1. The van der Waals surface area contributed by atoms with Crippen molar-refractivity contribution in [1.82, 2.24) is 24.9 Å². The van der Waals surface area contributed by atoms with E-state index in [0.717, 1.165) is 77.5 Å². The number of nitrogens with one attached hydrogen (secondary N) is 1. The molecule has 12 heteroatoms. The quantitative estimate of drug-likeness (QED) is 0.206. The van der Waals surface area contributed by atoms with Crippen molar-refractivity contribution in [2.24, 2.45) is 11.5 Å². The zero-order valence-corrected chi connectivity index (χ0v) is 22.7. The van der Waals surface area contributed by atoms with Gasteiger partial charge in [0.2, 0.25) is 0 Å². The molecule has 198 valence electrons. The van der Waals surface area contributed by atoms with E-state index in [0.29, 0.717) is 22.2 Å². The van der Waals surface area contributed by atoms with Gasteiger partial charge in [-0.05, 0) is 49.2 Å². The number of aliphatic hydroxyl groups excluding tert-OH is 1. The molecule has 0 spiro atoms. The molecule has 38 heavy (non-hydrogen) atoms. The van der Waals surface area contributed by atoms with Crippen molar-refractivity contribution in [3.05, 3.63) is 41.3 Å². The molecule has 1 aromatic carbocycles. The third-order valence-electron chi connectivity index (χ3n) is 7.14. The molecule has 4 aromatic rings. The van der Waals surface area contributed by atoms with E-state index in [-0.39, 0.29) is 23.7 Å². The highest BCUT2D eigenvalue weighted by molar-refractivity contribution is 7.99.